The van der Waals surface area contributed by atoms with E-state index in [4.69, 9.17) is 16.3 Å². The molecule has 0 bridgehead atoms. The second-order valence-electron chi connectivity index (χ2n) is 7.97. The number of rotatable bonds is 6. The highest BCUT2D eigenvalue weighted by atomic mass is 35.5. The number of ether oxygens (including phenoxy) is 1. The second kappa shape index (κ2) is 8.76. The normalized spacial score (nSPS) is 13.2. The Bertz CT molecular complexity index is 1550. The Kier molecular flexibility index (Phi) is 5.77. The average molecular weight is 492 g/mol. The number of imidazole rings is 1. The molecule has 0 aliphatic heterocycles. The lowest BCUT2D eigenvalue weighted by Crippen LogP contribution is -2.30. The number of hydrogen-bond donors (Lipinski definition) is 2. The smallest absolute Gasteiger partial charge is 0.249 e. The summed E-state index contributed by atoms with van der Waals surface area (Å²) in [6.07, 6.45) is 3.30. The van der Waals surface area contributed by atoms with Gasteiger partial charge in [-0.05, 0) is 60.0 Å². The van der Waals surface area contributed by atoms with Gasteiger partial charge in [0.05, 0.1) is 29.2 Å². The number of pyridine rings is 1. The van der Waals surface area contributed by atoms with E-state index in [1.165, 1.54) is 11.3 Å². The van der Waals surface area contributed by atoms with Crippen molar-refractivity contribution in [2.45, 2.75) is 12.5 Å². The van der Waals surface area contributed by atoms with E-state index in [0.29, 0.717) is 32.6 Å². The zero-order chi connectivity index (χ0) is 23.9. The standard InChI is InChI=1S/C26H22ClN3O3S/c1-3-33-18-6-4-5-16(11-18)19-13-25(31)29-21-8-7-17(12-20(19)21)26(32,22-14-28-15-30(22)2)23-9-10-24(27)34-23/h4-15,32H,3H2,1-2H3,(H,29,31). The van der Waals surface area contributed by atoms with Crippen LogP contribution in [0.4, 0.5) is 0 Å². The molecule has 0 saturated heterocycles. The largest absolute Gasteiger partial charge is 0.494 e. The van der Waals surface area contributed by atoms with Crippen molar-refractivity contribution < 1.29 is 9.84 Å². The van der Waals surface area contributed by atoms with Crippen molar-refractivity contribution in [3.05, 3.63) is 104 Å². The van der Waals surface area contributed by atoms with E-state index in [0.717, 1.165) is 22.3 Å². The Hall–Kier alpha value is -3.39. The van der Waals surface area contributed by atoms with Crippen molar-refractivity contribution in [1.29, 1.82) is 0 Å². The molecule has 0 spiro atoms. The van der Waals surface area contributed by atoms with Crippen LogP contribution in [0.15, 0.2) is 78.0 Å². The van der Waals surface area contributed by atoms with Crippen LogP contribution in [0.3, 0.4) is 0 Å². The number of nitrogens with one attached hydrogen (secondary N) is 1. The Morgan fingerprint density at radius 2 is 2.03 bits per heavy atom. The fourth-order valence-corrected chi connectivity index (χ4v) is 5.43. The van der Waals surface area contributed by atoms with Gasteiger partial charge in [0.1, 0.15) is 5.75 Å². The predicted octanol–water partition coefficient (Wildman–Crippen LogP) is 5.33. The van der Waals surface area contributed by atoms with Crippen LogP contribution < -0.4 is 10.3 Å². The first-order valence-electron chi connectivity index (χ1n) is 10.8. The van der Waals surface area contributed by atoms with E-state index < -0.39 is 5.60 Å². The van der Waals surface area contributed by atoms with Gasteiger partial charge < -0.3 is 19.4 Å². The maximum atomic E-state index is 12.5. The maximum Gasteiger partial charge on any atom is 0.249 e. The van der Waals surface area contributed by atoms with E-state index in [1.807, 2.05) is 62.5 Å². The van der Waals surface area contributed by atoms with Gasteiger partial charge in [0.2, 0.25) is 5.56 Å². The molecule has 0 saturated carbocycles. The molecular weight excluding hydrogens is 470 g/mol. The SMILES string of the molecule is CCOc1cccc(-c2cc(=O)[nH]c3ccc(C(O)(c4ccc(Cl)s4)c4cncn4C)cc23)c1. The summed E-state index contributed by atoms with van der Waals surface area (Å²) in [5, 5.41) is 13.0. The topological polar surface area (TPSA) is 80.1 Å². The molecule has 172 valence electrons. The minimum absolute atomic E-state index is 0.205. The van der Waals surface area contributed by atoms with Gasteiger partial charge in [0, 0.05) is 28.9 Å². The Balaban J connectivity index is 1.77. The lowest BCUT2D eigenvalue weighted by Gasteiger charge is -2.28. The lowest BCUT2D eigenvalue weighted by molar-refractivity contribution is 0.121. The minimum atomic E-state index is -1.49. The predicted molar refractivity (Wildman–Crippen MR) is 136 cm³/mol. The Morgan fingerprint density at radius 3 is 2.74 bits per heavy atom. The van der Waals surface area contributed by atoms with Crippen molar-refractivity contribution in [2.24, 2.45) is 7.05 Å². The highest BCUT2D eigenvalue weighted by Crippen LogP contribution is 2.42. The molecular formula is C26H22ClN3O3S. The van der Waals surface area contributed by atoms with E-state index in [1.54, 1.807) is 29.2 Å². The number of benzene rings is 2. The van der Waals surface area contributed by atoms with Crippen LogP contribution in [0.1, 0.15) is 23.1 Å². The first-order chi connectivity index (χ1) is 16.4. The van der Waals surface area contributed by atoms with E-state index in [9.17, 15) is 9.90 Å². The fourth-order valence-electron chi connectivity index (χ4n) is 4.27. The molecule has 0 aliphatic rings. The number of H-pyrrole nitrogens is 1. The van der Waals surface area contributed by atoms with E-state index in [2.05, 4.69) is 9.97 Å². The number of thiophene rings is 1. The number of fused-ring (bicyclic) bond motifs is 1. The van der Waals surface area contributed by atoms with Gasteiger partial charge in [-0.1, -0.05) is 29.8 Å². The second-order valence-corrected chi connectivity index (χ2v) is 9.69. The van der Waals surface area contributed by atoms with Crippen LogP contribution >= 0.6 is 22.9 Å². The highest BCUT2D eigenvalue weighted by molar-refractivity contribution is 7.16. The van der Waals surface area contributed by atoms with Gasteiger partial charge in [-0.25, -0.2) is 4.98 Å². The third kappa shape index (κ3) is 3.81. The highest BCUT2D eigenvalue weighted by Gasteiger charge is 2.38. The van der Waals surface area contributed by atoms with Crippen LogP contribution in [0.2, 0.25) is 4.34 Å². The van der Waals surface area contributed by atoms with E-state index >= 15 is 0 Å². The van der Waals surface area contributed by atoms with Gasteiger partial charge in [0.15, 0.2) is 5.60 Å². The molecule has 0 fully saturated rings. The van der Waals surface area contributed by atoms with Gasteiger partial charge in [0.25, 0.3) is 0 Å². The molecule has 1 unspecified atom stereocenters. The van der Waals surface area contributed by atoms with Gasteiger partial charge in [-0.3, -0.25) is 4.79 Å². The zero-order valence-electron chi connectivity index (χ0n) is 18.6. The third-order valence-electron chi connectivity index (χ3n) is 5.83. The lowest BCUT2D eigenvalue weighted by atomic mass is 9.87. The quantitative estimate of drug-likeness (QED) is 0.336. The monoisotopic (exact) mass is 491 g/mol. The van der Waals surface area contributed by atoms with Gasteiger partial charge in [-0.2, -0.15) is 0 Å². The molecule has 1 atom stereocenters. The Labute approximate surface area is 205 Å². The number of halogens is 1. The van der Waals surface area contributed by atoms with Crippen molar-refractivity contribution in [2.75, 3.05) is 6.61 Å². The number of nitrogens with zero attached hydrogens (tertiary/aromatic N) is 2. The van der Waals surface area contributed by atoms with Crippen LogP contribution in [-0.4, -0.2) is 26.2 Å². The number of aryl methyl sites for hydroxylation is 1. The molecule has 0 amide bonds. The maximum absolute atomic E-state index is 12.5. The summed E-state index contributed by atoms with van der Waals surface area (Å²) in [4.78, 5) is 20.3. The molecule has 34 heavy (non-hydrogen) atoms. The fraction of sp³-hybridized carbons (Fsp3) is 0.154. The molecule has 3 heterocycles. The van der Waals surface area contributed by atoms with Crippen LogP contribution in [0.5, 0.6) is 5.75 Å². The minimum Gasteiger partial charge on any atom is -0.494 e. The summed E-state index contributed by atoms with van der Waals surface area (Å²) >= 11 is 7.56. The summed E-state index contributed by atoms with van der Waals surface area (Å²) in [7, 11) is 1.84. The molecule has 0 aliphatic carbocycles. The third-order valence-corrected chi connectivity index (χ3v) is 7.17. The molecule has 8 heteroatoms. The number of hydrogen-bond acceptors (Lipinski definition) is 5. The molecule has 6 nitrogen and oxygen atoms in total. The molecule has 2 N–H and O–H groups in total. The summed E-state index contributed by atoms with van der Waals surface area (Å²) in [5.74, 6) is 0.726. The average Bonchev–Trinajstić information content (AvgIpc) is 3.47. The van der Waals surface area contributed by atoms with E-state index in [-0.39, 0.29) is 5.56 Å². The van der Waals surface area contributed by atoms with Crippen molar-refractivity contribution in [3.8, 4) is 16.9 Å². The first kappa shape index (κ1) is 22.4. The number of aromatic amines is 1. The number of aromatic nitrogens is 3. The Morgan fingerprint density at radius 1 is 1.18 bits per heavy atom. The molecule has 5 aromatic rings. The molecule has 3 aromatic heterocycles. The first-order valence-corrected chi connectivity index (χ1v) is 12.0. The molecule has 0 radical (unpaired) electrons. The van der Waals surface area contributed by atoms with Crippen LogP contribution in [0, 0.1) is 0 Å². The summed E-state index contributed by atoms with van der Waals surface area (Å²) in [5.41, 5.74) is 1.82. The van der Waals surface area contributed by atoms with Crippen molar-refractivity contribution in [3.63, 3.8) is 0 Å². The van der Waals surface area contributed by atoms with Crippen LogP contribution in [0.25, 0.3) is 22.0 Å². The zero-order valence-corrected chi connectivity index (χ0v) is 20.2. The van der Waals surface area contributed by atoms with Crippen LogP contribution in [-0.2, 0) is 12.6 Å². The molecule has 2 aromatic carbocycles. The molecule has 5 rings (SSSR count). The summed E-state index contributed by atoms with van der Waals surface area (Å²) in [6.45, 7) is 2.47. The van der Waals surface area contributed by atoms with Gasteiger partial charge >= 0.3 is 0 Å². The van der Waals surface area contributed by atoms with Crippen molar-refractivity contribution in [1.82, 2.24) is 14.5 Å². The number of aliphatic hydroxyl groups is 1. The summed E-state index contributed by atoms with van der Waals surface area (Å²) < 4.78 is 8.03. The van der Waals surface area contributed by atoms with Crippen molar-refractivity contribution >= 4 is 33.8 Å². The van der Waals surface area contributed by atoms with Gasteiger partial charge in [-0.15, -0.1) is 11.3 Å². The summed E-state index contributed by atoms with van der Waals surface area (Å²) in [6, 6.07) is 18.4.